The Morgan fingerprint density at radius 1 is 1.22 bits per heavy atom. The Labute approximate surface area is 174 Å². The second-order valence-electron chi connectivity index (χ2n) is 5.82. The summed E-state index contributed by atoms with van der Waals surface area (Å²) in [7, 11) is 0. The van der Waals surface area contributed by atoms with Gasteiger partial charge in [0, 0.05) is 31.9 Å². The van der Waals surface area contributed by atoms with Crippen LogP contribution in [0.5, 0.6) is 5.75 Å². The molecule has 0 radical (unpaired) electrons. The van der Waals surface area contributed by atoms with Crippen LogP contribution in [0, 0.1) is 5.82 Å². The van der Waals surface area contributed by atoms with Gasteiger partial charge in [0.25, 0.3) is 0 Å². The summed E-state index contributed by atoms with van der Waals surface area (Å²) in [5, 5.41) is 0. The fraction of sp³-hybridized carbons (Fsp3) is 0.571. The first-order valence-electron chi connectivity index (χ1n) is 7.26. The number of halogens is 4. The van der Waals surface area contributed by atoms with Crippen LogP contribution in [0.25, 0.3) is 0 Å². The van der Waals surface area contributed by atoms with E-state index in [2.05, 4.69) is 0 Å². The third kappa shape index (κ3) is 4.71. The molecule has 2 aliphatic rings. The summed E-state index contributed by atoms with van der Waals surface area (Å²) < 4.78 is 69.0. The molecule has 2 heterocycles. The molecule has 0 amide bonds. The smallest absolute Gasteiger partial charge is 0.493 e. The van der Waals surface area contributed by atoms with Gasteiger partial charge in [-0.1, -0.05) is 11.5 Å². The SMILES string of the molecule is Fc1ccc([B-](F)(F)F)c(OC2CCOC3(CCOC3)C2)c1.[K+]. The monoisotopic (exact) mass is 358 g/mol. The number of hydrogen-bond donors (Lipinski definition) is 0. The van der Waals surface area contributed by atoms with Crippen LogP contribution in [0.1, 0.15) is 19.3 Å². The summed E-state index contributed by atoms with van der Waals surface area (Å²) in [6, 6.07) is 2.34. The van der Waals surface area contributed by atoms with Crippen molar-refractivity contribution in [2.24, 2.45) is 0 Å². The largest absolute Gasteiger partial charge is 1.00 e. The first-order valence-corrected chi connectivity index (χ1v) is 7.26. The molecule has 3 nitrogen and oxygen atoms in total. The van der Waals surface area contributed by atoms with Gasteiger partial charge in [-0.2, -0.15) is 0 Å². The molecule has 9 heteroatoms. The summed E-state index contributed by atoms with van der Waals surface area (Å²) in [4.78, 5) is 0. The minimum Gasteiger partial charge on any atom is -0.493 e. The average Bonchev–Trinajstić information content (AvgIpc) is 2.85. The van der Waals surface area contributed by atoms with Crippen molar-refractivity contribution in [3.8, 4) is 5.75 Å². The van der Waals surface area contributed by atoms with Crippen molar-refractivity contribution in [2.75, 3.05) is 19.8 Å². The Morgan fingerprint density at radius 2 is 2.00 bits per heavy atom. The maximum absolute atomic E-state index is 13.3. The third-order valence-corrected chi connectivity index (χ3v) is 4.14. The Bertz CT molecular complexity index is 549. The van der Waals surface area contributed by atoms with E-state index in [1.807, 2.05) is 0 Å². The van der Waals surface area contributed by atoms with Crippen molar-refractivity contribution in [2.45, 2.75) is 31.0 Å². The topological polar surface area (TPSA) is 27.7 Å². The Balaban J connectivity index is 0.00000192. The van der Waals surface area contributed by atoms with Gasteiger partial charge < -0.3 is 27.2 Å². The normalized spacial score (nSPS) is 27.7. The fourth-order valence-corrected chi connectivity index (χ4v) is 3.01. The molecule has 23 heavy (non-hydrogen) atoms. The van der Waals surface area contributed by atoms with Crippen LogP contribution in [-0.4, -0.2) is 38.5 Å². The summed E-state index contributed by atoms with van der Waals surface area (Å²) in [5.74, 6) is -1.18. The predicted octanol–water partition coefficient (Wildman–Crippen LogP) is -0.399. The van der Waals surface area contributed by atoms with Crippen LogP contribution in [0.2, 0.25) is 0 Å². The number of hydrogen-bond acceptors (Lipinski definition) is 3. The van der Waals surface area contributed by atoms with Crippen LogP contribution in [-0.2, 0) is 9.47 Å². The molecule has 1 spiro atoms. The standard InChI is InChI=1S/C14H16BF4O3.K/c16-10-1-2-12(15(17,18)19)13(7-10)22-11-3-5-21-14(8-11)4-6-20-9-14;/h1-2,7,11H,3-6,8-9H2;/q-1;+1. The molecule has 3 rings (SSSR count). The van der Waals surface area contributed by atoms with E-state index in [9.17, 15) is 17.3 Å². The average molecular weight is 358 g/mol. The fourth-order valence-electron chi connectivity index (χ4n) is 3.01. The van der Waals surface area contributed by atoms with Gasteiger partial charge in [-0.05, 0) is 6.07 Å². The van der Waals surface area contributed by atoms with Crippen LogP contribution in [0.15, 0.2) is 18.2 Å². The van der Waals surface area contributed by atoms with Crippen LogP contribution in [0.4, 0.5) is 17.3 Å². The Morgan fingerprint density at radius 3 is 2.65 bits per heavy atom. The van der Waals surface area contributed by atoms with Gasteiger partial charge in [-0.25, -0.2) is 4.39 Å². The summed E-state index contributed by atoms with van der Waals surface area (Å²) in [6.07, 6.45) is 1.19. The maximum Gasteiger partial charge on any atom is 1.00 e. The van der Waals surface area contributed by atoms with E-state index in [4.69, 9.17) is 14.2 Å². The Hall–Kier alpha value is 0.361. The van der Waals surface area contributed by atoms with Gasteiger partial charge in [0.2, 0.25) is 0 Å². The number of rotatable bonds is 3. The molecule has 2 unspecified atom stereocenters. The van der Waals surface area contributed by atoms with Crippen molar-refractivity contribution in [3.05, 3.63) is 24.0 Å². The Kier molecular flexibility index (Phi) is 6.60. The molecule has 0 bridgehead atoms. The van der Waals surface area contributed by atoms with Crippen molar-refractivity contribution in [1.82, 2.24) is 0 Å². The van der Waals surface area contributed by atoms with E-state index in [-0.39, 0.29) is 51.4 Å². The van der Waals surface area contributed by atoms with Gasteiger partial charge in [0.15, 0.2) is 0 Å². The zero-order chi connectivity index (χ0) is 15.8. The van der Waals surface area contributed by atoms with E-state index in [0.717, 1.165) is 18.2 Å². The van der Waals surface area contributed by atoms with Crippen molar-refractivity contribution < 1.29 is 82.9 Å². The minimum absolute atomic E-state index is 0. The summed E-state index contributed by atoms with van der Waals surface area (Å²) in [5.41, 5.74) is -1.37. The van der Waals surface area contributed by atoms with Crippen molar-refractivity contribution in [1.29, 1.82) is 0 Å². The molecule has 1 aromatic carbocycles. The van der Waals surface area contributed by atoms with Gasteiger partial charge in [-0.15, -0.1) is 0 Å². The first-order chi connectivity index (χ1) is 10.4. The van der Waals surface area contributed by atoms with E-state index in [1.165, 1.54) is 0 Å². The maximum atomic E-state index is 13.3. The second kappa shape index (κ2) is 7.72. The van der Waals surface area contributed by atoms with E-state index >= 15 is 0 Å². The first kappa shape index (κ1) is 19.7. The molecule has 2 saturated heterocycles. The van der Waals surface area contributed by atoms with Crippen LogP contribution in [0.3, 0.4) is 0 Å². The van der Waals surface area contributed by atoms with E-state index in [1.54, 1.807) is 0 Å². The minimum atomic E-state index is -5.25. The van der Waals surface area contributed by atoms with Crippen molar-refractivity contribution >= 4 is 12.4 Å². The van der Waals surface area contributed by atoms with Crippen molar-refractivity contribution in [3.63, 3.8) is 0 Å². The van der Waals surface area contributed by atoms with Crippen LogP contribution < -0.4 is 61.6 Å². The van der Waals surface area contributed by atoms with Gasteiger partial charge in [-0.3, -0.25) is 0 Å². The molecular weight excluding hydrogens is 342 g/mol. The number of benzene rings is 1. The summed E-state index contributed by atoms with van der Waals surface area (Å²) in [6.45, 7) is -3.86. The van der Waals surface area contributed by atoms with E-state index in [0.29, 0.717) is 39.1 Å². The zero-order valence-electron chi connectivity index (χ0n) is 12.9. The molecule has 2 fully saturated rings. The molecule has 0 N–H and O–H groups in total. The molecule has 122 valence electrons. The molecule has 2 atom stereocenters. The molecule has 2 aliphatic heterocycles. The molecule has 1 aromatic rings. The predicted molar refractivity (Wildman–Crippen MR) is 72.9 cm³/mol. The summed E-state index contributed by atoms with van der Waals surface area (Å²) >= 11 is 0. The number of ether oxygens (including phenoxy) is 3. The molecule has 0 aliphatic carbocycles. The molecule has 0 saturated carbocycles. The van der Waals surface area contributed by atoms with Crippen LogP contribution >= 0.6 is 0 Å². The molecule has 0 aromatic heterocycles. The second-order valence-corrected chi connectivity index (χ2v) is 5.82. The zero-order valence-corrected chi connectivity index (χ0v) is 16.0. The quantitative estimate of drug-likeness (QED) is 0.544. The van der Waals surface area contributed by atoms with Gasteiger partial charge >= 0.3 is 58.4 Å². The third-order valence-electron chi connectivity index (χ3n) is 4.14. The molecular formula is C14H16BF4KO3. The van der Waals surface area contributed by atoms with Gasteiger partial charge in [0.05, 0.1) is 24.6 Å². The van der Waals surface area contributed by atoms with E-state index < -0.39 is 35.7 Å². The van der Waals surface area contributed by atoms with Gasteiger partial charge in [0.1, 0.15) is 11.9 Å².